The zero-order chi connectivity index (χ0) is 17.7. The van der Waals surface area contributed by atoms with Gasteiger partial charge in [0.15, 0.2) is 0 Å². The molecule has 0 aliphatic heterocycles. The van der Waals surface area contributed by atoms with Gasteiger partial charge in [0.25, 0.3) is 10.1 Å². The SMILES string of the molecule is Cc1ccc(OCCOCCOCCOCCOS(C)(=O)=O)cc1. The van der Waals surface area contributed by atoms with Crippen molar-refractivity contribution < 1.29 is 31.5 Å². The standard InChI is InChI=1S/C16H26O7S/c1-15-3-5-16(6-4-15)22-13-11-20-9-7-19-8-10-21-12-14-23-24(2,17)18/h3-6H,7-14H2,1-2H3. The van der Waals surface area contributed by atoms with Crippen LogP contribution in [0.25, 0.3) is 0 Å². The van der Waals surface area contributed by atoms with E-state index >= 15 is 0 Å². The molecule has 0 fully saturated rings. The number of hydrogen-bond donors (Lipinski definition) is 0. The number of hydrogen-bond acceptors (Lipinski definition) is 7. The highest BCUT2D eigenvalue weighted by Gasteiger charge is 2.00. The molecule has 0 aromatic heterocycles. The third kappa shape index (κ3) is 12.3. The van der Waals surface area contributed by atoms with Crippen LogP contribution in [0.3, 0.4) is 0 Å². The highest BCUT2D eigenvalue weighted by atomic mass is 32.2. The van der Waals surface area contributed by atoms with Gasteiger partial charge in [-0.15, -0.1) is 0 Å². The van der Waals surface area contributed by atoms with Crippen molar-refractivity contribution in [3.63, 3.8) is 0 Å². The summed E-state index contributed by atoms with van der Waals surface area (Å²) < 4.78 is 47.3. The first kappa shape index (κ1) is 20.9. The van der Waals surface area contributed by atoms with E-state index < -0.39 is 10.1 Å². The molecule has 0 amide bonds. The van der Waals surface area contributed by atoms with E-state index in [1.807, 2.05) is 31.2 Å². The minimum Gasteiger partial charge on any atom is -0.491 e. The van der Waals surface area contributed by atoms with Crippen LogP contribution in [0.1, 0.15) is 5.56 Å². The molecule has 1 aromatic carbocycles. The minimum atomic E-state index is -3.39. The fourth-order valence-electron chi connectivity index (χ4n) is 1.64. The Morgan fingerprint density at radius 2 is 1.21 bits per heavy atom. The van der Waals surface area contributed by atoms with E-state index in [2.05, 4.69) is 4.18 Å². The molecule has 24 heavy (non-hydrogen) atoms. The van der Waals surface area contributed by atoms with E-state index in [-0.39, 0.29) is 13.2 Å². The maximum absolute atomic E-state index is 10.7. The largest absolute Gasteiger partial charge is 0.491 e. The van der Waals surface area contributed by atoms with Crippen molar-refractivity contribution in [2.75, 3.05) is 59.1 Å². The Labute approximate surface area is 143 Å². The van der Waals surface area contributed by atoms with Gasteiger partial charge in [-0.05, 0) is 19.1 Å². The van der Waals surface area contributed by atoms with Crippen LogP contribution in [-0.2, 0) is 28.5 Å². The van der Waals surface area contributed by atoms with Gasteiger partial charge in [-0.25, -0.2) is 0 Å². The second-order valence-electron chi connectivity index (χ2n) is 5.02. The van der Waals surface area contributed by atoms with Crippen LogP contribution >= 0.6 is 0 Å². The summed E-state index contributed by atoms with van der Waals surface area (Å²) in [4.78, 5) is 0. The number of ether oxygens (including phenoxy) is 4. The van der Waals surface area contributed by atoms with Gasteiger partial charge in [-0.2, -0.15) is 8.42 Å². The molecular formula is C16H26O7S. The van der Waals surface area contributed by atoms with E-state index in [9.17, 15) is 8.42 Å². The summed E-state index contributed by atoms with van der Waals surface area (Å²) in [6.45, 7) is 4.99. The molecule has 7 nitrogen and oxygen atoms in total. The van der Waals surface area contributed by atoms with E-state index in [4.69, 9.17) is 18.9 Å². The van der Waals surface area contributed by atoms with Gasteiger partial charge >= 0.3 is 0 Å². The van der Waals surface area contributed by atoms with Gasteiger partial charge in [0.2, 0.25) is 0 Å². The molecule has 0 saturated heterocycles. The maximum Gasteiger partial charge on any atom is 0.264 e. The van der Waals surface area contributed by atoms with Crippen molar-refractivity contribution in [1.29, 1.82) is 0 Å². The summed E-state index contributed by atoms with van der Waals surface area (Å²) in [6.07, 6.45) is 1.00. The summed E-state index contributed by atoms with van der Waals surface area (Å²) in [5.41, 5.74) is 1.20. The fourth-order valence-corrected chi connectivity index (χ4v) is 2.01. The van der Waals surface area contributed by atoms with Crippen LogP contribution in [0.2, 0.25) is 0 Å². The summed E-state index contributed by atoms with van der Waals surface area (Å²) in [6, 6.07) is 7.86. The maximum atomic E-state index is 10.7. The number of aryl methyl sites for hydroxylation is 1. The van der Waals surface area contributed by atoms with Crippen molar-refractivity contribution in [3.05, 3.63) is 29.8 Å². The summed E-state index contributed by atoms with van der Waals surface area (Å²) in [5.74, 6) is 0.831. The second-order valence-corrected chi connectivity index (χ2v) is 6.67. The lowest BCUT2D eigenvalue weighted by molar-refractivity contribution is 0.00532. The smallest absolute Gasteiger partial charge is 0.264 e. The van der Waals surface area contributed by atoms with E-state index in [1.54, 1.807) is 0 Å². The molecule has 0 spiro atoms. The molecule has 0 aliphatic carbocycles. The third-order valence-corrected chi connectivity index (χ3v) is 3.38. The van der Waals surface area contributed by atoms with Crippen molar-refractivity contribution in [3.8, 4) is 5.75 Å². The lowest BCUT2D eigenvalue weighted by atomic mass is 10.2. The predicted molar refractivity (Wildman–Crippen MR) is 89.9 cm³/mol. The molecule has 0 atom stereocenters. The highest BCUT2D eigenvalue weighted by molar-refractivity contribution is 7.85. The van der Waals surface area contributed by atoms with E-state index in [0.717, 1.165) is 12.0 Å². The van der Waals surface area contributed by atoms with Gasteiger partial charge in [-0.3, -0.25) is 4.18 Å². The molecule has 1 aromatic rings. The summed E-state index contributed by atoms with van der Waals surface area (Å²) in [7, 11) is -3.39. The lowest BCUT2D eigenvalue weighted by Crippen LogP contribution is -2.14. The lowest BCUT2D eigenvalue weighted by Gasteiger charge is -2.08. The van der Waals surface area contributed by atoms with Crippen LogP contribution in [0.15, 0.2) is 24.3 Å². The molecule has 0 heterocycles. The first-order valence-electron chi connectivity index (χ1n) is 7.74. The molecule has 0 aliphatic rings. The van der Waals surface area contributed by atoms with Gasteiger partial charge in [0.05, 0.1) is 52.5 Å². The molecule has 138 valence electrons. The molecule has 0 radical (unpaired) electrons. The average molecular weight is 362 g/mol. The predicted octanol–water partition coefficient (Wildman–Crippen LogP) is 1.40. The minimum absolute atomic E-state index is 0.0168. The zero-order valence-corrected chi connectivity index (χ0v) is 15.0. The molecule has 0 bridgehead atoms. The van der Waals surface area contributed by atoms with Crippen LogP contribution in [-0.4, -0.2) is 67.5 Å². The molecule has 0 saturated carbocycles. The van der Waals surface area contributed by atoms with Gasteiger partial charge < -0.3 is 18.9 Å². The zero-order valence-electron chi connectivity index (χ0n) is 14.2. The van der Waals surface area contributed by atoms with E-state index in [1.165, 1.54) is 5.56 Å². The van der Waals surface area contributed by atoms with Gasteiger partial charge in [-0.1, -0.05) is 17.7 Å². The third-order valence-electron chi connectivity index (χ3n) is 2.79. The highest BCUT2D eigenvalue weighted by Crippen LogP contribution is 2.10. The first-order chi connectivity index (χ1) is 11.5. The molecule has 0 unspecified atom stereocenters. The normalized spacial score (nSPS) is 11.6. The Kier molecular flexibility index (Phi) is 10.6. The van der Waals surface area contributed by atoms with Crippen LogP contribution in [0.5, 0.6) is 5.75 Å². The van der Waals surface area contributed by atoms with Crippen molar-refractivity contribution in [2.24, 2.45) is 0 Å². The van der Waals surface area contributed by atoms with E-state index in [0.29, 0.717) is 39.6 Å². The molecule has 8 heteroatoms. The fraction of sp³-hybridized carbons (Fsp3) is 0.625. The van der Waals surface area contributed by atoms with Crippen LogP contribution < -0.4 is 4.74 Å². The Morgan fingerprint density at radius 1 is 0.750 bits per heavy atom. The Balaban J connectivity index is 1.81. The summed E-state index contributed by atoms with van der Waals surface area (Å²) in [5, 5.41) is 0. The first-order valence-corrected chi connectivity index (χ1v) is 9.56. The molecule has 1 rings (SSSR count). The van der Waals surface area contributed by atoms with Crippen LogP contribution in [0.4, 0.5) is 0 Å². The average Bonchev–Trinajstić information content (AvgIpc) is 2.52. The molecular weight excluding hydrogens is 336 g/mol. The number of benzene rings is 1. The molecule has 0 N–H and O–H groups in total. The number of rotatable bonds is 14. The monoisotopic (exact) mass is 362 g/mol. The summed E-state index contributed by atoms with van der Waals surface area (Å²) >= 11 is 0. The van der Waals surface area contributed by atoms with Gasteiger partial charge in [0.1, 0.15) is 12.4 Å². The topological polar surface area (TPSA) is 80.3 Å². The van der Waals surface area contributed by atoms with Gasteiger partial charge in [0, 0.05) is 0 Å². The van der Waals surface area contributed by atoms with Crippen LogP contribution in [0, 0.1) is 6.92 Å². The van der Waals surface area contributed by atoms with Crippen molar-refractivity contribution in [2.45, 2.75) is 6.92 Å². The Hall–Kier alpha value is -1.19. The van der Waals surface area contributed by atoms with Crippen molar-refractivity contribution >= 4 is 10.1 Å². The quantitative estimate of drug-likeness (QED) is 0.365. The second kappa shape index (κ2) is 12.2. The Bertz CT molecular complexity index is 528. The van der Waals surface area contributed by atoms with Crippen molar-refractivity contribution in [1.82, 2.24) is 0 Å². The Morgan fingerprint density at radius 3 is 1.71 bits per heavy atom.